The fraction of sp³-hybridized carbons (Fsp3) is 0.654. The number of piperazine rings is 1. The average molecular weight is 454 g/mol. The Labute approximate surface area is 197 Å². The number of nitrogens with zero attached hydrogens (tertiary/aromatic N) is 5. The van der Waals surface area contributed by atoms with Crippen molar-refractivity contribution in [3.63, 3.8) is 0 Å². The van der Waals surface area contributed by atoms with Crippen molar-refractivity contribution in [2.45, 2.75) is 70.3 Å². The molecule has 1 atom stereocenters. The zero-order valence-electron chi connectivity index (χ0n) is 20.6. The van der Waals surface area contributed by atoms with Crippen LogP contribution in [0.4, 0.5) is 5.95 Å². The van der Waals surface area contributed by atoms with Crippen LogP contribution < -0.4 is 4.90 Å². The molecule has 1 aliphatic carbocycles. The standard InChI is InChI=1S/C26H39N5O2/c1-25(2)9-10-26(3,4)22-16-19(7-8-21(22)25)23-27-18-28-24(29-23)31-13-11-30(12-14-31)20(17-33)6-5-15-32/h7-8,16,18,20,32-33H,5-6,9-15,17H2,1-4H3. The fourth-order valence-corrected chi connectivity index (χ4v) is 5.31. The molecule has 2 aliphatic rings. The third-order valence-electron chi connectivity index (χ3n) is 7.69. The molecule has 7 nitrogen and oxygen atoms in total. The Morgan fingerprint density at radius 2 is 1.64 bits per heavy atom. The van der Waals surface area contributed by atoms with Gasteiger partial charge in [-0.15, -0.1) is 0 Å². The minimum absolute atomic E-state index is 0.108. The second-order valence-electron chi connectivity index (χ2n) is 10.9. The van der Waals surface area contributed by atoms with Crippen LogP contribution >= 0.6 is 0 Å². The van der Waals surface area contributed by atoms with Crippen LogP contribution in [-0.4, -0.2) is 75.5 Å². The van der Waals surface area contributed by atoms with Gasteiger partial charge in [-0.1, -0.05) is 39.8 Å². The molecule has 4 rings (SSSR count). The van der Waals surface area contributed by atoms with Crippen LogP contribution in [0.2, 0.25) is 0 Å². The monoisotopic (exact) mass is 453 g/mol. The summed E-state index contributed by atoms with van der Waals surface area (Å²) in [5.41, 5.74) is 4.23. The molecule has 2 N–H and O–H groups in total. The quantitative estimate of drug-likeness (QED) is 0.666. The molecule has 7 heteroatoms. The second kappa shape index (κ2) is 9.65. The number of aliphatic hydroxyl groups is 2. The maximum atomic E-state index is 9.73. The Kier molecular flexibility index (Phi) is 7.03. The number of aromatic nitrogens is 3. The van der Waals surface area contributed by atoms with Crippen molar-refractivity contribution >= 4 is 5.95 Å². The van der Waals surface area contributed by atoms with Crippen molar-refractivity contribution in [2.75, 3.05) is 44.3 Å². The van der Waals surface area contributed by atoms with Gasteiger partial charge in [0, 0.05) is 44.4 Å². The molecular weight excluding hydrogens is 414 g/mol. The van der Waals surface area contributed by atoms with E-state index in [0.29, 0.717) is 5.95 Å². The first kappa shape index (κ1) is 24.0. The molecule has 0 bridgehead atoms. The van der Waals surface area contributed by atoms with Crippen molar-refractivity contribution in [2.24, 2.45) is 0 Å². The highest BCUT2D eigenvalue weighted by molar-refractivity contribution is 5.61. The van der Waals surface area contributed by atoms with E-state index in [2.05, 4.69) is 65.7 Å². The first-order valence-electron chi connectivity index (χ1n) is 12.3. The fourth-order valence-electron chi connectivity index (χ4n) is 5.31. The van der Waals surface area contributed by atoms with E-state index >= 15 is 0 Å². The van der Waals surface area contributed by atoms with E-state index in [-0.39, 0.29) is 30.1 Å². The predicted octanol–water partition coefficient (Wildman–Crippen LogP) is 3.14. The lowest BCUT2D eigenvalue weighted by molar-refractivity contribution is 0.104. The van der Waals surface area contributed by atoms with E-state index in [9.17, 15) is 5.11 Å². The SMILES string of the molecule is CC1(C)CCC(C)(C)c2cc(-c3ncnc(N4CCN(C(CO)CCCO)CC4)n3)ccc21. The van der Waals surface area contributed by atoms with E-state index in [1.807, 2.05) is 0 Å². The average Bonchev–Trinajstić information content (AvgIpc) is 2.83. The highest BCUT2D eigenvalue weighted by Gasteiger charge is 2.37. The van der Waals surface area contributed by atoms with E-state index in [0.717, 1.165) is 50.4 Å². The van der Waals surface area contributed by atoms with E-state index < -0.39 is 0 Å². The van der Waals surface area contributed by atoms with Crippen molar-refractivity contribution in [3.8, 4) is 11.4 Å². The first-order chi connectivity index (χ1) is 15.7. The Morgan fingerprint density at radius 3 is 2.30 bits per heavy atom. The summed E-state index contributed by atoms with van der Waals surface area (Å²) in [4.78, 5) is 18.3. The Bertz CT molecular complexity index is 953. The van der Waals surface area contributed by atoms with Gasteiger partial charge in [0.1, 0.15) is 6.33 Å². The summed E-state index contributed by atoms with van der Waals surface area (Å²) in [6.07, 6.45) is 5.53. The van der Waals surface area contributed by atoms with Crippen LogP contribution in [0.1, 0.15) is 64.5 Å². The van der Waals surface area contributed by atoms with Crippen LogP contribution in [-0.2, 0) is 10.8 Å². The summed E-state index contributed by atoms with van der Waals surface area (Å²) in [6.45, 7) is 13.0. The molecule has 2 aromatic rings. The molecule has 33 heavy (non-hydrogen) atoms. The van der Waals surface area contributed by atoms with Crippen LogP contribution in [0.15, 0.2) is 24.5 Å². The molecule has 1 aliphatic heterocycles. The second-order valence-corrected chi connectivity index (χ2v) is 10.9. The third-order valence-corrected chi connectivity index (χ3v) is 7.69. The maximum Gasteiger partial charge on any atom is 0.228 e. The number of hydrogen-bond acceptors (Lipinski definition) is 7. The molecule has 1 fully saturated rings. The molecule has 0 spiro atoms. The number of benzene rings is 1. The van der Waals surface area contributed by atoms with Gasteiger partial charge in [-0.2, -0.15) is 4.98 Å². The van der Waals surface area contributed by atoms with Gasteiger partial charge in [-0.05, 0) is 53.7 Å². The van der Waals surface area contributed by atoms with Crippen molar-refractivity contribution in [1.29, 1.82) is 0 Å². The Balaban J connectivity index is 1.52. The number of rotatable bonds is 7. The smallest absolute Gasteiger partial charge is 0.228 e. The van der Waals surface area contributed by atoms with Gasteiger partial charge < -0.3 is 15.1 Å². The molecule has 2 heterocycles. The van der Waals surface area contributed by atoms with Gasteiger partial charge >= 0.3 is 0 Å². The summed E-state index contributed by atoms with van der Waals surface area (Å²) >= 11 is 0. The molecule has 1 aromatic carbocycles. The van der Waals surface area contributed by atoms with Crippen LogP contribution in [0.3, 0.4) is 0 Å². The van der Waals surface area contributed by atoms with Gasteiger partial charge in [0.15, 0.2) is 5.82 Å². The van der Waals surface area contributed by atoms with E-state index in [4.69, 9.17) is 10.1 Å². The first-order valence-corrected chi connectivity index (χ1v) is 12.3. The zero-order valence-corrected chi connectivity index (χ0v) is 20.6. The highest BCUT2D eigenvalue weighted by atomic mass is 16.3. The number of hydrogen-bond donors (Lipinski definition) is 2. The number of aliphatic hydroxyl groups excluding tert-OH is 2. The number of fused-ring (bicyclic) bond motifs is 1. The molecule has 1 saturated heterocycles. The van der Waals surface area contributed by atoms with Crippen LogP contribution in [0.25, 0.3) is 11.4 Å². The Hall–Kier alpha value is -2.09. The molecule has 1 unspecified atom stereocenters. The summed E-state index contributed by atoms with van der Waals surface area (Å²) in [6, 6.07) is 6.83. The van der Waals surface area contributed by atoms with Crippen LogP contribution in [0, 0.1) is 0 Å². The van der Waals surface area contributed by atoms with Crippen molar-refractivity contribution < 1.29 is 10.2 Å². The van der Waals surface area contributed by atoms with Gasteiger partial charge in [-0.25, -0.2) is 9.97 Å². The van der Waals surface area contributed by atoms with Gasteiger partial charge in [-0.3, -0.25) is 4.90 Å². The minimum atomic E-state index is 0.108. The van der Waals surface area contributed by atoms with E-state index in [1.54, 1.807) is 6.33 Å². The predicted molar refractivity (Wildman–Crippen MR) is 132 cm³/mol. The summed E-state index contributed by atoms with van der Waals surface area (Å²) in [5.74, 6) is 1.44. The summed E-state index contributed by atoms with van der Waals surface area (Å²) in [5, 5.41) is 18.8. The molecule has 0 radical (unpaired) electrons. The summed E-state index contributed by atoms with van der Waals surface area (Å²) < 4.78 is 0. The lowest BCUT2D eigenvalue weighted by Gasteiger charge is -2.42. The maximum absolute atomic E-state index is 9.73. The summed E-state index contributed by atoms with van der Waals surface area (Å²) in [7, 11) is 0. The molecular formula is C26H39N5O2. The van der Waals surface area contributed by atoms with Crippen LogP contribution in [0.5, 0.6) is 0 Å². The lowest BCUT2D eigenvalue weighted by atomic mass is 9.63. The largest absolute Gasteiger partial charge is 0.396 e. The van der Waals surface area contributed by atoms with Gasteiger partial charge in [0.05, 0.1) is 6.61 Å². The number of anilines is 1. The normalized spacial score (nSPS) is 21.0. The topological polar surface area (TPSA) is 85.6 Å². The Morgan fingerprint density at radius 1 is 0.939 bits per heavy atom. The molecule has 1 aromatic heterocycles. The lowest BCUT2D eigenvalue weighted by Crippen LogP contribution is -2.52. The van der Waals surface area contributed by atoms with Gasteiger partial charge in [0.25, 0.3) is 0 Å². The minimum Gasteiger partial charge on any atom is -0.396 e. The van der Waals surface area contributed by atoms with Crippen molar-refractivity contribution in [3.05, 3.63) is 35.7 Å². The van der Waals surface area contributed by atoms with E-state index in [1.165, 1.54) is 24.0 Å². The van der Waals surface area contributed by atoms with Crippen molar-refractivity contribution in [1.82, 2.24) is 19.9 Å². The third kappa shape index (κ3) is 5.05. The molecule has 180 valence electrons. The van der Waals surface area contributed by atoms with Gasteiger partial charge in [0.2, 0.25) is 5.95 Å². The molecule has 0 saturated carbocycles. The zero-order chi connectivity index (χ0) is 23.6. The highest BCUT2D eigenvalue weighted by Crippen LogP contribution is 2.46. The molecule has 0 amide bonds.